The molecule has 0 unspecified atom stereocenters. The molecular formula is C18H26N2O3. The van der Waals surface area contributed by atoms with Gasteiger partial charge in [0.15, 0.2) is 11.5 Å². The van der Waals surface area contributed by atoms with E-state index in [2.05, 4.69) is 0 Å². The highest BCUT2D eigenvalue weighted by atomic mass is 16.5. The summed E-state index contributed by atoms with van der Waals surface area (Å²) in [4.78, 5) is 14.5. The largest absolute Gasteiger partial charge is 0.490 e. The van der Waals surface area contributed by atoms with Gasteiger partial charge in [0.1, 0.15) is 0 Å². The lowest BCUT2D eigenvalue weighted by Gasteiger charge is -2.35. The number of likely N-dealkylation sites (tertiary alicyclic amines) is 1. The standard InChI is InChI=1S/C18H26N2O3/c19-13-15-4-1-2-9-20(15)18(21)8-6-14-5-7-16-17(12-14)23-11-3-10-22-16/h5,7,12,15H,1-4,6,8-11,13,19H2/t15-/m0/s1. The number of carbonyl (C=O) groups is 1. The highest BCUT2D eigenvalue weighted by molar-refractivity contribution is 5.77. The van der Waals surface area contributed by atoms with E-state index in [1.807, 2.05) is 23.1 Å². The van der Waals surface area contributed by atoms with Crippen LogP contribution in [0.4, 0.5) is 0 Å². The van der Waals surface area contributed by atoms with E-state index < -0.39 is 0 Å². The number of hydrogen-bond acceptors (Lipinski definition) is 4. The quantitative estimate of drug-likeness (QED) is 0.923. The molecular weight excluding hydrogens is 292 g/mol. The Morgan fingerprint density at radius 1 is 1.17 bits per heavy atom. The van der Waals surface area contributed by atoms with Gasteiger partial charge in [0.05, 0.1) is 13.2 Å². The summed E-state index contributed by atoms with van der Waals surface area (Å²) in [6.07, 6.45) is 5.45. The van der Waals surface area contributed by atoms with Crippen LogP contribution < -0.4 is 15.2 Å². The molecule has 0 spiro atoms. The third-order valence-electron chi connectivity index (χ3n) is 4.66. The highest BCUT2D eigenvalue weighted by Crippen LogP contribution is 2.31. The maximum absolute atomic E-state index is 12.5. The smallest absolute Gasteiger partial charge is 0.223 e. The molecule has 2 aliphatic rings. The van der Waals surface area contributed by atoms with Crippen LogP contribution in [0.15, 0.2) is 18.2 Å². The number of ether oxygens (including phenoxy) is 2. The topological polar surface area (TPSA) is 64.8 Å². The summed E-state index contributed by atoms with van der Waals surface area (Å²) in [5.74, 6) is 1.81. The van der Waals surface area contributed by atoms with Gasteiger partial charge in [-0.15, -0.1) is 0 Å². The molecule has 0 aliphatic carbocycles. The van der Waals surface area contributed by atoms with Crippen molar-refractivity contribution in [3.63, 3.8) is 0 Å². The van der Waals surface area contributed by atoms with Gasteiger partial charge in [0, 0.05) is 32.0 Å². The number of carbonyl (C=O) groups excluding carboxylic acids is 1. The Morgan fingerprint density at radius 2 is 2.00 bits per heavy atom. The van der Waals surface area contributed by atoms with Crippen LogP contribution in [0.5, 0.6) is 11.5 Å². The minimum atomic E-state index is 0.215. The number of benzene rings is 1. The molecule has 0 saturated carbocycles. The highest BCUT2D eigenvalue weighted by Gasteiger charge is 2.25. The van der Waals surface area contributed by atoms with E-state index in [9.17, 15) is 4.79 Å². The number of fused-ring (bicyclic) bond motifs is 1. The van der Waals surface area contributed by atoms with Crippen molar-refractivity contribution < 1.29 is 14.3 Å². The van der Waals surface area contributed by atoms with E-state index in [0.717, 1.165) is 49.3 Å². The average Bonchev–Trinajstić information content (AvgIpc) is 2.84. The van der Waals surface area contributed by atoms with Crippen molar-refractivity contribution in [2.45, 2.75) is 44.6 Å². The lowest BCUT2D eigenvalue weighted by Crippen LogP contribution is -2.47. The van der Waals surface area contributed by atoms with Crippen molar-refractivity contribution in [3.05, 3.63) is 23.8 Å². The third-order valence-corrected chi connectivity index (χ3v) is 4.66. The minimum Gasteiger partial charge on any atom is -0.490 e. The molecule has 23 heavy (non-hydrogen) atoms. The molecule has 1 fully saturated rings. The normalized spacial score (nSPS) is 20.9. The number of nitrogens with two attached hydrogens (primary N) is 1. The maximum atomic E-state index is 12.5. The monoisotopic (exact) mass is 318 g/mol. The molecule has 2 heterocycles. The zero-order valence-corrected chi connectivity index (χ0v) is 13.6. The van der Waals surface area contributed by atoms with Crippen molar-refractivity contribution in [3.8, 4) is 11.5 Å². The zero-order valence-electron chi connectivity index (χ0n) is 13.6. The Balaban J connectivity index is 1.59. The number of hydrogen-bond donors (Lipinski definition) is 1. The summed E-state index contributed by atoms with van der Waals surface area (Å²) in [7, 11) is 0. The molecule has 1 saturated heterocycles. The molecule has 0 aromatic heterocycles. The SMILES string of the molecule is NC[C@@H]1CCCCN1C(=O)CCc1ccc2c(c1)OCCCO2. The molecule has 1 atom stereocenters. The minimum absolute atomic E-state index is 0.215. The molecule has 2 aliphatic heterocycles. The van der Waals surface area contributed by atoms with Crippen LogP contribution in [0, 0.1) is 0 Å². The van der Waals surface area contributed by atoms with Gasteiger partial charge in [0.25, 0.3) is 0 Å². The van der Waals surface area contributed by atoms with Crippen molar-refractivity contribution in [1.29, 1.82) is 0 Å². The summed E-state index contributed by atoms with van der Waals surface area (Å²) in [6.45, 7) is 2.79. The second-order valence-electron chi connectivity index (χ2n) is 6.30. The fraction of sp³-hybridized carbons (Fsp3) is 0.611. The molecule has 1 aromatic rings. The van der Waals surface area contributed by atoms with Crippen LogP contribution in [0.2, 0.25) is 0 Å². The van der Waals surface area contributed by atoms with Crippen LogP contribution in [-0.4, -0.2) is 43.2 Å². The van der Waals surface area contributed by atoms with Crippen molar-refractivity contribution in [2.75, 3.05) is 26.3 Å². The Morgan fingerprint density at radius 3 is 2.83 bits per heavy atom. The van der Waals surface area contributed by atoms with Gasteiger partial charge < -0.3 is 20.1 Å². The summed E-state index contributed by atoms with van der Waals surface area (Å²) >= 11 is 0. The lowest BCUT2D eigenvalue weighted by molar-refractivity contribution is -0.134. The van der Waals surface area contributed by atoms with E-state index in [1.165, 1.54) is 6.42 Å². The van der Waals surface area contributed by atoms with E-state index >= 15 is 0 Å². The zero-order chi connectivity index (χ0) is 16.1. The lowest BCUT2D eigenvalue weighted by atomic mass is 10.0. The predicted octanol–water partition coefficient (Wildman–Crippen LogP) is 2.12. The maximum Gasteiger partial charge on any atom is 0.223 e. The molecule has 126 valence electrons. The average molecular weight is 318 g/mol. The molecule has 1 aromatic carbocycles. The molecule has 2 N–H and O–H groups in total. The van der Waals surface area contributed by atoms with Crippen LogP contribution in [0.3, 0.4) is 0 Å². The van der Waals surface area contributed by atoms with E-state index in [1.54, 1.807) is 0 Å². The van der Waals surface area contributed by atoms with Gasteiger partial charge in [0.2, 0.25) is 5.91 Å². The Hall–Kier alpha value is -1.75. The number of rotatable bonds is 4. The van der Waals surface area contributed by atoms with Crippen molar-refractivity contribution >= 4 is 5.91 Å². The second kappa shape index (κ2) is 7.68. The molecule has 0 bridgehead atoms. The third kappa shape index (κ3) is 3.96. The number of nitrogens with zero attached hydrogens (tertiary/aromatic N) is 1. The summed E-state index contributed by atoms with van der Waals surface area (Å²) in [5.41, 5.74) is 6.92. The second-order valence-corrected chi connectivity index (χ2v) is 6.30. The number of piperidine rings is 1. The van der Waals surface area contributed by atoms with Gasteiger partial charge >= 0.3 is 0 Å². The molecule has 1 amide bonds. The van der Waals surface area contributed by atoms with E-state index in [-0.39, 0.29) is 11.9 Å². The summed E-state index contributed by atoms with van der Waals surface area (Å²) in [5, 5.41) is 0. The van der Waals surface area contributed by atoms with Gasteiger partial charge in [-0.3, -0.25) is 4.79 Å². The first-order chi connectivity index (χ1) is 11.3. The van der Waals surface area contributed by atoms with E-state index in [0.29, 0.717) is 26.2 Å². The summed E-state index contributed by atoms with van der Waals surface area (Å²) < 4.78 is 11.3. The summed E-state index contributed by atoms with van der Waals surface area (Å²) in [6, 6.07) is 6.20. The van der Waals surface area contributed by atoms with Crippen molar-refractivity contribution in [2.24, 2.45) is 5.73 Å². The van der Waals surface area contributed by atoms with Crippen molar-refractivity contribution in [1.82, 2.24) is 4.90 Å². The number of amides is 1. The van der Waals surface area contributed by atoms with Gasteiger partial charge in [-0.05, 0) is 43.4 Å². The van der Waals surface area contributed by atoms with Gasteiger partial charge in [-0.1, -0.05) is 6.07 Å². The molecule has 5 nitrogen and oxygen atoms in total. The van der Waals surface area contributed by atoms with Gasteiger partial charge in [-0.2, -0.15) is 0 Å². The molecule has 0 radical (unpaired) electrons. The fourth-order valence-electron chi connectivity index (χ4n) is 3.33. The van der Waals surface area contributed by atoms with Crippen LogP contribution in [-0.2, 0) is 11.2 Å². The van der Waals surface area contributed by atoms with Gasteiger partial charge in [-0.25, -0.2) is 0 Å². The predicted molar refractivity (Wildman–Crippen MR) is 88.8 cm³/mol. The first-order valence-corrected chi connectivity index (χ1v) is 8.66. The molecule has 5 heteroatoms. The van der Waals surface area contributed by atoms with Crippen LogP contribution in [0.25, 0.3) is 0 Å². The Kier molecular flexibility index (Phi) is 5.39. The van der Waals surface area contributed by atoms with Crippen LogP contribution in [0.1, 0.15) is 37.7 Å². The first kappa shape index (κ1) is 16.1. The fourth-order valence-corrected chi connectivity index (χ4v) is 3.33. The number of aryl methyl sites for hydroxylation is 1. The molecule has 3 rings (SSSR count). The van der Waals surface area contributed by atoms with E-state index in [4.69, 9.17) is 15.2 Å². The Bertz CT molecular complexity index is 547. The van der Waals surface area contributed by atoms with Crippen LogP contribution >= 0.6 is 0 Å². The first-order valence-electron chi connectivity index (χ1n) is 8.66. The Labute approximate surface area is 137 Å².